The molecule has 0 aromatic heterocycles. The molecule has 0 fully saturated rings. The van der Waals surface area contributed by atoms with Crippen molar-refractivity contribution in [2.75, 3.05) is 7.11 Å². The van der Waals surface area contributed by atoms with Crippen LogP contribution in [0.5, 0.6) is 0 Å². The Morgan fingerprint density at radius 3 is 2.00 bits per heavy atom. The third kappa shape index (κ3) is 8.95. The maximum Gasteiger partial charge on any atom is 2.00 e. The van der Waals surface area contributed by atoms with Gasteiger partial charge in [0, 0.05) is 7.11 Å². The Bertz CT molecular complexity index is 29.2. The minimum absolute atomic E-state index is 0. The van der Waals surface area contributed by atoms with Crippen LogP contribution in [0, 0.1) is 0 Å². The van der Waals surface area contributed by atoms with Crippen LogP contribution < -0.4 is 0 Å². The molecule has 36 valence electrons. The average molecular weight is 118 g/mol. The molecule has 0 rings (SSSR count). The van der Waals surface area contributed by atoms with Crippen LogP contribution in [-0.4, -0.2) is 56.2 Å². The van der Waals surface area contributed by atoms with Gasteiger partial charge in [0.25, 0.3) is 0 Å². The number of methoxy groups -OCH3 is 1. The van der Waals surface area contributed by atoms with Gasteiger partial charge in [0.05, 0.1) is 0 Å². The van der Waals surface area contributed by atoms with Crippen molar-refractivity contribution in [3.8, 4) is 0 Å². The van der Waals surface area contributed by atoms with Gasteiger partial charge in [-0.3, -0.25) is 0 Å². The summed E-state index contributed by atoms with van der Waals surface area (Å²) in [5.74, 6) is 0. The molecule has 0 aliphatic rings. The number of aliphatic hydroxyl groups is 1. The van der Waals surface area contributed by atoms with Crippen LogP contribution in [0.1, 0.15) is 9.78 Å². The van der Waals surface area contributed by atoms with Crippen molar-refractivity contribution >= 4 is 37.7 Å². The molecule has 2 nitrogen and oxygen atoms in total. The number of hydrogen-bond acceptors (Lipinski definition) is 2. The topological polar surface area (TPSA) is 29.5 Å². The van der Waals surface area contributed by atoms with Gasteiger partial charge in [-0.2, -0.15) is 0 Å². The van der Waals surface area contributed by atoms with Gasteiger partial charge in [-0.1, -0.05) is 0 Å². The smallest absolute Gasteiger partial charge is 1.00 e. The van der Waals surface area contributed by atoms with Crippen molar-refractivity contribution in [3.05, 3.63) is 0 Å². The van der Waals surface area contributed by atoms with Gasteiger partial charge in [-0.25, -0.2) is 0 Å². The Hall–Kier alpha value is 1.18. The summed E-state index contributed by atoms with van der Waals surface area (Å²) in [6.45, 7) is 1.56. The van der Waals surface area contributed by atoms with Crippen molar-refractivity contribution in [3.63, 3.8) is 0 Å². The van der Waals surface area contributed by atoms with Crippen molar-refractivity contribution in [2.45, 2.75) is 13.2 Å². The van der Waals surface area contributed by atoms with E-state index in [-0.39, 0.29) is 40.6 Å². The van der Waals surface area contributed by atoms with E-state index in [1.807, 2.05) is 0 Å². The van der Waals surface area contributed by atoms with E-state index in [9.17, 15) is 0 Å². The zero-order valence-electron chi connectivity index (χ0n) is 6.14. The van der Waals surface area contributed by atoms with E-state index in [0.717, 1.165) is 0 Å². The predicted molar refractivity (Wildman–Crippen MR) is 26.7 cm³/mol. The number of aliphatic hydroxyl groups excluding tert-OH is 1. The molecule has 0 saturated carbocycles. The SMILES string of the molecule is COC(C)O.[Ca+2].[H-].[H-]. The van der Waals surface area contributed by atoms with E-state index < -0.39 is 6.29 Å². The summed E-state index contributed by atoms with van der Waals surface area (Å²) in [6, 6.07) is 0. The van der Waals surface area contributed by atoms with Crippen LogP contribution in [0.15, 0.2) is 0 Å². The summed E-state index contributed by atoms with van der Waals surface area (Å²) >= 11 is 0. The molecule has 0 amide bonds. The van der Waals surface area contributed by atoms with Crippen LogP contribution in [0.25, 0.3) is 0 Å². The fraction of sp³-hybridized carbons (Fsp3) is 1.00. The van der Waals surface area contributed by atoms with Gasteiger partial charge in [-0.15, -0.1) is 0 Å². The standard InChI is InChI=1S/C3H8O2.Ca.2H/c1-3(4)5-2;;;/h3-4H,1-2H3;;;/q;+2;2*-1. The first kappa shape index (κ1) is 10.2. The summed E-state index contributed by atoms with van der Waals surface area (Å²) in [4.78, 5) is 0. The van der Waals surface area contributed by atoms with Crippen LogP contribution in [-0.2, 0) is 4.74 Å². The molecule has 0 bridgehead atoms. The van der Waals surface area contributed by atoms with Crippen molar-refractivity contribution < 1.29 is 12.7 Å². The largest absolute Gasteiger partial charge is 2.00 e. The zero-order valence-corrected chi connectivity index (χ0v) is 6.35. The van der Waals surface area contributed by atoms with Crippen LogP contribution in [0.3, 0.4) is 0 Å². The Morgan fingerprint density at radius 2 is 2.00 bits per heavy atom. The molecular weight excluding hydrogens is 108 g/mol. The summed E-state index contributed by atoms with van der Waals surface area (Å²) in [5, 5.41) is 8.14. The summed E-state index contributed by atoms with van der Waals surface area (Å²) < 4.78 is 4.31. The van der Waals surface area contributed by atoms with E-state index in [2.05, 4.69) is 4.74 Å². The van der Waals surface area contributed by atoms with E-state index in [4.69, 9.17) is 5.11 Å². The second-order valence-electron chi connectivity index (χ2n) is 0.835. The summed E-state index contributed by atoms with van der Waals surface area (Å²) in [5.41, 5.74) is 0. The van der Waals surface area contributed by atoms with Gasteiger partial charge < -0.3 is 12.7 Å². The summed E-state index contributed by atoms with van der Waals surface area (Å²) in [7, 11) is 1.45. The molecular formula is C3H10CaO2. The Labute approximate surface area is 70.5 Å². The molecule has 1 unspecified atom stereocenters. The van der Waals surface area contributed by atoms with E-state index in [1.165, 1.54) is 7.11 Å². The monoisotopic (exact) mass is 118 g/mol. The molecule has 1 atom stereocenters. The van der Waals surface area contributed by atoms with E-state index in [1.54, 1.807) is 6.92 Å². The van der Waals surface area contributed by atoms with Gasteiger partial charge >= 0.3 is 37.7 Å². The molecule has 1 N–H and O–H groups in total. The van der Waals surface area contributed by atoms with E-state index in [0.29, 0.717) is 0 Å². The average Bonchev–Trinajstić information content (AvgIpc) is 1.38. The van der Waals surface area contributed by atoms with E-state index >= 15 is 0 Å². The fourth-order valence-corrected chi connectivity index (χ4v) is 0. The first-order valence-corrected chi connectivity index (χ1v) is 1.48. The van der Waals surface area contributed by atoms with Crippen LogP contribution in [0.2, 0.25) is 0 Å². The molecule has 0 radical (unpaired) electrons. The Balaban J connectivity index is -0.0000000267. The van der Waals surface area contributed by atoms with Gasteiger partial charge in [0.15, 0.2) is 6.29 Å². The Kier molecular flexibility index (Phi) is 10.5. The minimum Gasteiger partial charge on any atom is -1.00 e. The van der Waals surface area contributed by atoms with Gasteiger partial charge in [-0.05, 0) is 6.92 Å². The van der Waals surface area contributed by atoms with Crippen molar-refractivity contribution in [2.24, 2.45) is 0 Å². The molecule has 0 heterocycles. The normalized spacial score (nSPS) is 12.5. The Morgan fingerprint density at radius 1 is 1.83 bits per heavy atom. The molecule has 3 heteroatoms. The quantitative estimate of drug-likeness (QED) is 0.382. The van der Waals surface area contributed by atoms with Gasteiger partial charge in [0.1, 0.15) is 0 Å². The van der Waals surface area contributed by atoms with Crippen molar-refractivity contribution in [1.29, 1.82) is 0 Å². The first-order valence-electron chi connectivity index (χ1n) is 1.48. The molecule has 0 aromatic carbocycles. The molecule has 0 spiro atoms. The third-order valence-electron chi connectivity index (χ3n) is 0.341. The summed E-state index contributed by atoms with van der Waals surface area (Å²) in [6.07, 6.45) is -0.616. The number of ether oxygens (including phenoxy) is 1. The molecule has 0 aromatic rings. The van der Waals surface area contributed by atoms with Gasteiger partial charge in [0.2, 0.25) is 0 Å². The molecule has 0 saturated heterocycles. The third-order valence-corrected chi connectivity index (χ3v) is 0.341. The second kappa shape index (κ2) is 6.18. The maximum atomic E-state index is 8.14. The zero-order chi connectivity index (χ0) is 4.28. The molecule has 6 heavy (non-hydrogen) atoms. The maximum absolute atomic E-state index is 8.14. The minimum atomic E-state index is -0.616. The molecule has 0 aliphatic heterocycles. The first-order chi connectivity index (χ1) is 2.27. The van der Waals surface area contributed by atoms with Crippen LogP contribution in [0.4, 0.5) is 0 Å². The number of hydrogen-bond donors (Lipinski definition) is 1. The predicted octanol–water partition coefficient (Wildman–Crippen LogP) is -0.185. The number of rotatable bonds is 1. The van der Waals surface area contributed by atoms with Crippen LogP contribution >= 0.6 is 0 Å². The molecule has 0 aliphatic carbocycles. The second-order valence-corrected chi connectivity index (χ2v) is 0.835. The van der Waals surface area contributed by atoms with Crippen molar-refractivity contribution in [1.82, 2.24) is 0 Å². The fourth-order valence-electron chi connectivity index (χ4n) is 0.